The standard InChI is InChI=1S/C19H28N2O7S/c1-25-15(26-2)8-10-19(21,16(22)14(20)9-11-29)17(23)28-18(24)27-12-13-6-4-3-5-7-13/h3-7,14-15,29H,8-12,20-21H2,1-2H3. The van der Waals surface area contributed by atoms with Crippen molar-refractivity contribution in [2.75, 3.05) is 20.0 Å². The zero-order chi connectivity index (χ0) is 21.9. The number of carbonyl (C=O) groups excluding carboxylic acids is 3. The van der Waals surface area contributed by atoms with Crippen molar-refractivity contribution in [3.63, 3.8) is 0 Å². The Bertz CT molecular complexity index is 670. The summed E-state index contributed by atoms with van der Waals surface area (Å²) in [5, 5.41) is 0. The maximum absolute atomic E-state index is 12.7. The Kier molecular flexibility index (Phi) is 10.8. The van der Waals surface area contributed by atoms with Crippen LogP contribution in [0, 0.1) is 0 Å². The number of methoxy groups -OCH3 is 2. The molecule has 1 aromatic rings. The number of benzene rings is 1. The zero-order valence-corrected chi connectivity index (χ0v) is 17.4. The number of carbonyl (C=O) groups is 3. The van der Waals surface area contributed by atoms with Gasteiger partial charge in [-0.15, -0.1) is 0 Å². The first-order valence-corrected chi connectivity index (χ1v) is 9.59. The number of Topliss-reactive ketones (excluding diaryl/α,β-unsaturated/α-hetero) is 1. The Morgan fingerprint density at radius 1 is 1.10 bits per heavy atom. The second-order valence-corrected chi connectivity index (χ2v) is 6.76. The Hall–Kier alpha value is -1.98. The highest BCUT2D eigenvalue weighted by molar-refractivity contribution is 7.80. The van der Waals surface area contributed by atoms with Gasteiger partial charge in [0.25, 0.3) is 0 Å². The van der Waals surface area contributed by atoms with E-state index >= 15 is 0 Å². The predicted molar refractivity (Wildman–Crippen MR) is 108 cm³/mol. The molecule has 0 fully saturated rings. The van der Waals surface area contributed by atoms with Crippen molar-refractivity contribution < 1.29 is 33.3 Å². The summed E-state index contributed by atoms with van der Waals surface area (Å²) in [6.07, 6.45) is -1.88. The number of ether oxygens (including phenoxy) is 4. The maximum atomic E-state index is 12.7. The van der Waals surface area contributed by atoms with Crippen LogP contribution in [0.15, 0.2) is 30.3 Å². The third-order valence-corrected chi connectivity index (χ3v) is 4.51. The van der Waals surface area contributed by atoms with E-state index in [-0.39, 0.29) is 25.9 Å². The van der Waals surface area contributed by atoms with E-state index in [9.17, 15) is 14.4 Å². The normalized spacial score (nSPS) is 14.1. The van der Waals surface area contributed by atoms with E-state index < -0.39 is 35.8 Å². The number of hydrogen-bond donors (Lipinski definition) is 3. The second kappa shape index (κ2) is 12.6. The van der Waals surface area contributed by atoms with Crippen LogP contribution in [0.3, 0.4) is 0 Å². The molecule has 2 atom stereocenters. The van der Waals surface area contributed by atoms with Gasteiger partial charge < -0.3 is 30.4 Å². The first kappa shape index (κ1) is 25.1. The van der Waals surface area contributed by atoms with Gasteiger partial charge in [0, 0.05) is 20.6 Å². The quantitative estimate of drug-likeness (QED) is 0.194. The van der Waals surface area contributed by atoms with Gasteiger partial charge in [-0.05, 0) is 24.2 Å². The summed E-state index contributed by atoms with van der Waals surface area (Å²) in [5.41, 5.74) is 10.4. The molecule has 1 rings (SSSR count). The van der Waals surface area contributed by atoms with Gasteiger partial charge in [-0.1, -0.05) is 30.3 Å². The van der Waals surface area contributed by atoms with E-state index in [1.165, 1.54) is 14.2 Å². The van der Waals surface area contributed by atoms with Crippen molar-refractivity contribution in [3.8, 4) is 0 Å². The van der Waals surface area contributed by atoms with Gasteiger partial charge in [0.05, 0.1) is 6.04 Å². The molecule has 0 aromatic heterocycles. The predicted octanol–water partition coefficient (Wildman–Crippen LogP) is 1.18. The smallest absolute Gasteiger partial charge is 0.429 e. The summed E-state index contributed by atoms with van der Waals surface area (Å²) in [6.45, 7) is -0.104. The van der Waals surface area contributed by atoms with E-state index in [0.29, 0.717) is 11.3 Å². The lowest BCUT2D eigenvalue weighted by Gasteiger charge is -2.28. The van der Waals surface area contributed by atoms with E-state index in [0.717, 1.165) is 0 Å². The van der Waals surface area contributed by atoms with Crippen LogP contribution in [0.1, 0.15) is 24.8 Å². The highest BCUT2D eigenvalue weighted by Gasteiger charge is 2.46. The highest BCUT2D eigenvalue weighted by atomic mass is 32.1. The van der Waals surface area contributed by atoms with Crippen LogP contribution in [0.5, 0.6) is 0 Å². The van der Waals surface area contributed by atoms with Gasteiger partial charge >= 0.3 is 12.1 Å². The summed E-state index contributed by atoms with van der Waals surface area (Å²) in [5.74, 6) is -1.70. The minimum Gasteiger partial charge on any atom is -0.429 e. The minimum atomic E-state index is -2.16. The molecule has 0 spiro atoms. The van der Waals surface area contributed by atoms with E-state index in [1.807, 2.05) is 0 Å². The molecule has 0 heterocycles. The fourth-order valence-electron chi connectivity index (χ4n) is 2.52. The number of hydrogen-bond acceptors (Lipinski definition) is 10. The molecule has 0 aliphatic rings. The molecule has 2 unspecified atom stereocenters. The number of esters is 1. The Morgan fingerprint density at radius 3 is 2.28 bits per heavy atom. The third-order valence-electron chi connectivity index (χ3n) is 4.26. The summed E-state index contributed by atoms with van der Waals surface area (Å²) < 4.78 is 19.7. The topological polar surface area (TPSA) is 140 Å². The van der Waals surface area contributed by atoms with Gasteiger partial charge in [-0.2, -0.15) is 12.6 Å². The summed E-state index contributed by atoms with van der Waals surface area (Å²) >= 11 is 4.03. The largest absolute Gasteiger partial charge is 0.516 e. The minimum absolute atomic E-state index is 0.0942. The van der Waals surface area contributed by atoms with Gasteiger partial charge in [0.2, 0.25) is 0 Å². The summed E-state index contributed by atoms with van der Waals surface area (Å²) in [4.78, 5) is 37.2. The SMILES string of the molecule is COC(CCC(N)(C(=O)OC(=O)OCc1ccccc1)C(=O)C(N)CCS)OC. The number of nitrogens with two attached hydrogens (primary N) is 2. The van der Waals surface area contributed by atoms with Crippen molar-refractivity contribution in [2.24, 2.45) is 11.5 Å². The monoisotopic (exact) mass is 428 g/mol. The van der Waals surface area contributed by atoms with Crippen molar-refractivity contribution in [3.05, 3.63) is 35.9 Å². The van der Waals surface area contributed by atoms with Gasteiger partial charge in [-0.3, -0.25) is 4.79 Å². The zero-order valence-electron chi connectivity index (χ0n) is 16.5. The van der Waals surface area contributed by atoms with Crippen molar-refractivity contribution >= 4 is 30.5 Å². The van der Waals surface area contributed by atoms with Crippen LogP contribution < -0.4 is 11.5 Å². The Balaban J connectivity index is 2.84. The van der Waals surface area contributed by atoms with Gasteiger partial charge in [0.15, 0.2) is 17.6 Å². The molecule has 10 heteroatoms. The molecule has 0 radical (unpaired) electrons. The second-order valence-electron chi connectivity index (χ2n) is 6.31. The third kappa shape index (κ3) is 7.75. The summed E-state index contributed by atoms with van der Waals surface area (Å²) in [7, 11) is 2.81. The van der Waals surface area contributed by atoms with Crippen LogP contribution >= 0.6 is 12.6 Å². The Morgan fingerprint density at radius 2 is 1.72 bits per heavy atom. The molecule has 0 aliphatic carbocycles. The number of ketones is 1. The van der Waals surface area contributed by atoms with Crippen LogP contribution in [0.4, 0.5) is 4.79 Å². The van der Waals surface area contributed by atoms with E-state index in [2.05, 4.69) is 17.4 Å². The van der Waals surface area contributed by atoms with Crippen LogP contribution in [0.2, 0.25) is 0 Å². The van der Waals surface area contributed by atoms with Gasteiger partial charge in [0.1, 0.15) is 6.61 Å². The molecule has 0 saturated heterocycles. The van der Waals surface area contributed by atoms with Crippen molar-refractivity contribution in [2.45, 2.75) is 43.7 Å². The number of thiol groups is 1. The van der Waals surface area contributed by atoms with Crippen LogP contribution in [0.25, 0.3) is 0 Å². The average molecular weight is 429 g/mol. The molecule has 0 amide bonds. The maximum Gasteiger partial charge on any atom is 0.516 e. The first-order valence-electron chi connectivity index (χ1n) is 8.96. The molecule has 0 aliphatic heterocycles. The molecular weight excluding hydrogens is 400 g/mol. The molecule has 9 nitrogen and oxygen atoms in total. The molecule has 4 N–H and O–H groups in total. The van der Waals surface area contributed by atoms with Crippen molar-refractivity contribution in [1.82, 2.24) is 0 Å². The molecule has 0 bridgehead atoms. The molecule has 29 heavy (non-hydrogen) atoms. The fourth-order valence-corrected chi connectivity index (χ4v) is 2.80. The molecular formula is C19H28N2O7S. The van der Waals surface area contributed by atoms with Gasteiger partial charge in [-0.25, -0.2) is 9.59 Å². The summed E-state index contributed by atoms with van der Waals surface area (Å²) in [6, 6.07) is 7.76. The van der Waals surface area contributed by atoms with E-state index in [1.54, 1.807) is 30.3 Å². The van der Waals surface area contributed by atoms with Crippen LogP contribution in [-0.2, 0) is 35.1 Å². The average Bonchev–Trinajstić information content (AvgIpc) is 2.73. The Labute approximate surface area is 175 Å². The van der Waals surface area contributed by atoms with E-state index in [4.69, 9.17) is 25.7 Å². The fraction of sp³-hybridized carbons (Fsp3) is 0.526. The molecule has 162 valence electrons. The lowest BCUT2D eigenvalue weighted by molar-refractivity contribution is -0.153. The molecule has 0 saturated carbocycles. The highest BCUT2D eigenvalue weighted by Crippen LogP contribution is 2.20. The first-order chi connectivity index (χ1) is 13.8. The van der Waals surface area contributed by atoms with Crippen LogP contribution in [-0.4, -0.2) is 55.8 Å². The van der Waals surface area contributed by atoms with Crippen molar-refractivity contribution in [1.29, 1.82) is 0 Å². The number of rotatable bonds is 12. The lowest BCUT2D eigenvalue weighted by Crippen LogP contribution is -2.61. The molecule has 1 aromatic carbocycles. The lowest BCUT2D eigenvalue weighted by atomic mass is 9.85.